The molecule has 0 heterocycles. The van der Waals surface area contributed by atoms with Gasteiger partial charge in [0.05, 0.1) is 0 Å². The molecular formula is C9H15In. The van der Waals surface area contributed by atoms with Gasteiger partial charge in [0.1, 0.15) is 0 Å². The Kier molecular flexibility index (Phi) is 1.39. The van der Waals surface area contributed by atoms with Gasteiger partial charge in [0.2, 0.25) is 0 Å². The van der Waals surface area contributed by atoms with Gasteiger partial charge in [-0.2, -0.15) is 0 Å². The van der Waals surface area contributed by atoms with E-state index in [1.165, 1.54) is 11.0 Å². The standard InChI is InChI=1S/3C3H5.In/c3*1-2-3-1;/h3*1H,2-3H2;. The molecule has 0 N–H and O–H groups in total. The Morgan fingerprint density at radius 1 is 0.600 bits per heavy atom. The minimum atomic E-state index is -0.808. The van der Waals surface area contributed by atoms with Gasteiger partial charge in [-0.15, -0.1) is 0 Å². The molecule has 3 saturated carbocycles. The fraction of sp³-hybridized carbons (Fsp3) is 1.00. The molecule has 10 heavy (non-hydrogen) atoms. The quantitative estimate of drug-likeness (QED) is 0.709. The predicted octanol–water partition coefficient (Wildman–Crippen LogP) is 2.97. The van der Waals surface area contributed by atoms with Crippen LogP contribution in [0.1, 0.15) is 38.5 Å². The normalized spacial score (nSPS) is 32.4. The van der Waals surface area contributed by atoms with Crippen LogP contribution in [-0.2, 0) is 0 Å². The molecule has 0 aromatic carbocycles. The van der Waals surface area contributed by atoms with Crippen LogP contribution in [0.3, 0.4) is 0 Å². The van der Waals surface area contributed by atoms with Gasteiger partial charge in [0, 0.05) is 0 Å². The van der Waals surface area contributed by atoms with E-state index >= 15 is 0 Å². The summed E-state index contributed by atoms with van der Waals surface area (Å²) in [6.45, 7) is 0. The molecule has 0 atom stereocenters. The van der Waals surface area contributed by atoms with Gasteiger partial charge in [0.25, 0.3) is 0 Å². The van der Waals surface area contributed by atoms with Crippen molar-refractivity contribution in [3.63, 3.8) is 0 Å². The maximum atomic E-state index is 1.67. The molecular weight excluding hydrogens is 223 g/mol. The van der Waals surface area contributed by atoms with Crippen LogP contribution in [0.5, 0.6) is 0 Å². The first-order chi connectivity index (χ1) is 4.95. The topological polar surface area (TPSA) is 0 Å². The molecule has 0 aliphatic heterocycles. The fourth-order valence-corrected chi connectivity index (χ4v) is 17.4. The molecule has 3 aliphatic rings. The summed E-state index contributed by atoms with van der Waals surface area (Å²) < 4.78 is 4.26. The summed E-state index contributed by atoms with van der Waals surface area (Å²) in [5.41, 5.74) is 0. The van der Waals surface area contributed by atoms with Gasteiger partial charge < -0.3 is 0 Å². The summed E-state index contributed by atoms with van der Waals surface area (Å²) >= 11 is -0.808. The number of hydrogen-bond acceptors (Lipinski definition) is 0. The van der Waals surface area contributed by atoms with Crippen LogP contribution in [-0.4, -0.2) is 21.4 Å². The predicted molar refractivity (Wildman–Crippen MR) is 44.7 cm³/mol. The van der Waals surface area contributed by atoms with Crippen molar-refractivity contribution in [3.05, 3.63) is 0 Å². The van der Waals surface area contributed by atoms with Crippen molar-refractivity contribution < 1.29 is 0 Å². The molecule has 1 heteroatoms. The van der Waals surface area contributed by atoms with E-state index in [-0.39, 0.29) is 0 Å². The summed E-state index contributed by atoms with van der Waals surface area (Å²) in [5.74, 6) is 0. The van der Waals surface area contributed by atoms with Gasteiger partial charge in [0.15, 0.2) is 0 Å². The first-order valence-corrected chi connectivity index (χ1v) is 10.7. The van der Waals surface area contributed by atoms with Crippen LogP contribution in [0.15, 0.2) is 0 Å². The second kappa shape index (κ2) is 2.18. The Morgan fingerprint density at radius 3 is 1.10 bits per heavy atom. The van der Waals surface area contributed by atoms with Crippen molar-refractivity contribution in [3.8, 4) is 0 Å². The van der Waals surface area contributed by atoms with Crippen molar-refractivity contribution >= 4 is 21.4 Å². The summed E-state index contributed by atoms with van der Waals surface area (Å²) in [4.78, 5) is 0. The van der Waals surface area contributed by atoms with Crippen molar-refractivity contribution in [1.29, 1.82) is 0 Å². The molecule has 0 aromatic rings. The van der Waals surface area contributed by atoms with Crippen molar-refractivity contribution in [1.82, 2.24) is 0 Å². The van der Waals surface area contributed by atoms with Crippen LogP contribution in [0.25, 0.3) is 0 Å². The first-order valence-electron chi connectivity index (χ1n) is 4.95. The van der Waals surface area contributed by atoms with Gasteiger partial charge in [-0.3, -0.25) is 0 Å². The average Bonchev–Trinajstić information content (AvgIpc) is 2.78. The Balaban J connectivity index is 1.69. The monoisotopic (exact) mass is 238 g/mol. The van der Waals surface area contributed by atoms with E-state index in [9.17, 15) is 0 Å². The number of rotatable bonds is 3. The van der Waals surface area contributed by atoms with Crippen LogP contribution < -0.4 is 0 Å². The molecule has 3 rings (SSSR count). The summed E-state index contributed by atoms with van der Waals surface area (Å²) in [6, 6.07) is 0. The second-order valence-electron chi connectivity index (χ2n) is 4.59. The SMILES string of the molecule is C1C[CH]1[In]([CH]1CC1)[CH]1CC1. The molecule has 0 saturated heterocycles. The summed E-state index contributed by atoms with van der Waals surface area (Å²) in [6.07, 6.45) is 10.0. The third-order valence-corrected chi connectivity index (χ3v) is 18.5. The minimum absolute atomic E-state index is 0.808. The maximum absolute atomic E-state index is 1.67. The zero-order chi connectivity index (χ0) is 6.55. The van der Waals surface area contributed by atoms with Gasteiger partial charge in [-0.05, 0) is 0 Å². The second-order valence-corrected chi connectivity index (χ2v) is 16.0. The third-order valence-electron chi connectivity index (χ3n) is 3.50. The molecule has 0 unspecified atom stereocenters. The van der Waals surface area contributed by atoms with Crippen LogP contribution in [0.2, 0.25) is 11.0 Å². The average molecular weight is 238 g/mol. The summed E-state index contributed by atoms with van der Waals surface area (Å²) in [5, 5.41) is 0. The van der Waals surface area contributed by atoms with E-state index < -0.39 is 21.4 Å². The Bertz CT molecular complexity index is 114. The molecule has 0 amide bonds. The Labute approximate surface area is 70.9 Å². The van der Waals surface area contributed by atoms with Crippen LogP contribution >= 0.6 is 0 Å². The zero-order valence-corrected chi connectivity index (χ0v) is 9.85. The molecule has 0 spiro atoms. The third kappa shape index (κ3) is 1.15. The molecule has 0 bridgehead atoms. The van der Waals surface area contributed by atoms with E-state index in [0.717, 1.165) is 0 Å². The molecule has 0 nitrogen and oxygen atoms in total. The first kappa shape index (κ1) is 6.39. The Morgan fingerprint density at radius 2 is 0.900 bits per heavy atom. The molecule has 0 aromatic heterocycles. The molecule has 0 radical (unpaired) electrons. The van der Waals surface area contributed by atoms with Gasteiger partial charge in [-0.25, -0.2) is 0 Å². The van der Waals surface area contributed by atoms with E-state index in [4.69, 9.17) is 0 Å². The van der Waals surface area contributed by atoms with Crippen molar-refractivity contribution in [2.24, 2.45) is 0 Å². The van der Waals surface area contributed by atoms with E-state index in [0.29, 0.717) is 0 Å². The van der Waals surface area contributed by atoms with Crippen molar-refractivity contribution in [2.45, 2.75) is 49.5 Å². The van der Waals surface area contributed by atoms with Crippen molar-refractivity contribution in [2.75, 3.05) is 0 Å². The van der Waals surface area contributed by atoms with E-state index in [2.05, 4.69) is 0 Å². The van der Waals surface area contributed by atoms with Crippen LogP contribution in [0, 0.1) is 0 Å². The number of hydrogen-bond donors (Lipinski definition) is 0. The molecule has 3 aliphatic carbocycles. The molecule has 54 valence electrons. The van der Waals surface area contributed by atoms with Gasteiger partial charge in [-0.1, -0.05) is 0 Å². The fourth-order valence-electron chi connectivity index (χ4n) is 2.60. The molecule has 3 fully saturated rings. The van der Waals surface area contributed by atoms with Gasteiger partial charge >= 0.3 is 71.0 Å². The summed E-state index contributed by atoms with van der Waals surface area (Å²) in [7, 11) is 0. The van der Waals surface area contributed by atoms with E-state index in [1.54, 1.807) is 38.5 Å². The van der Waals surface area contributed by atoms with E-state index in [1.807, 2.05) is 0 Å². The van der Waals surface area contributed by atoms with Crippen LogP contribution in [0.4, 0.5) is 0 Å². The zero-order valence-electron chi connectivity index (χ0n) is 6.55. The Hall–Kier alpha value is 0.870.